The van der Waals surface area contributed by atoms with Gasteiger partial charge in [0.25, 0.3) is 5.19 Å². The van der Waals surface area contributed by atoms with E-state index in [0.717, 1.165) is 11.3 Å². The molecule has 2 N–H and O–H groups in total. The third-order valence-corrected chi connectivity index (χ3v) is 3.37. The first-order valence-corrected chi connectivity index (χ1v) is 6.67. The third-order valence-electron chi connectivity index (χ3n) is 2.67. The Labute approximate surface area is 115 Å². The van der Waals surface area contributed by atoms with Gasteiger partial charge in [0.2, 0.25) is 0 Å². The first-order chi connectivity index (χ1) is 9.31. The Morgan fingerprint density at radius 2 is 1.58 bits per heavy atom. The van der Waals surface area contributed by atoms with Gasteiger partial charge in [-0.1, -0.05) is 53.8 Å². The van der Waals surface area contributed by atoms with Crippen molar-refractivity contribution in [1.29, 1.82) is 0 Å². The Morgan fingerprint density at radius 3 is 2.21 bits per heavy atom. The maximum absolute atomic E-state index is 5.62. The molecule has 0 aliphatic rings. The number of thiazole rings is 1. The van der Waals surface area contributed by atoms with Crippen molar-refractivity contribution in [3.63, 3.8) is 0 Å². The van der Waals surface area contributed by atoms with Gasteiger partial charge in [-0.05, 0) is 23.3 Å². The van der Waals surface area contributed by atoms with E-state index in [1.807, 2.05) is 42.5 Å². The first-order valence-electron chi connectivity index (χ1n) is 5.86. The van der Waals surface area contributed by atoms with Crippen LogP contribution in [0.2, 0.25) is 0 Å². The van der Waals surface area contributed by atoms with Crippen LogP contribution in [-0.4, -0.2) is 4.98 Å². The number of nitrogens with two attached hydrogens (primary N) is 1. The smallest absolute Gasteiger partial charge is 0.280 e. The second-order valence-corrected chi connectivity index (χ2v) is 5.05. The van der Waals surface area contributed by atoms with E-state index in [4.69, 9.17) is 10.5 Å². The van der Waals surface area contributed by atoms with Crippen molar-refractivity contribution in [2.45, 2.75) is 0 Å². The zero-order valence-corrected chi connectivity index (χ0v) is 10.9. The van der Waals surface area contributed by atoms with Gasteiger partial charge in [0.1, 0.15) is 10.8 Å². The maximum atomic E-state index is 5.62. The molecule has 0 saturated carbocycles. The highest BCUT2D eigenvalue weighted by atomic mass is 32.1. The summed E-state index contributed by atoms with van der Waals surface area (Å²) < 4.78 is 5.62. The van der Waals surface area contributed by atoms with E-state index in [2.05, 4.69) is 17.1 Å². The number of nitrogen functional groups attached to an aromatic ring is 1. The van der Waals surface area contributed by atoms with Crippen LogP contribution in [0.4, 0.5) is 5.00 Å². The van der Waals surface area contributed by atoms with Crippen molar-refractivity contribution in [2.75, 3.05) is 5.73 Å². The Hall–Kier alpha value is -2.33. The van der Waals surface area contributed by atoms with Crippen molar-refractivity contribution in [3.05, 3.63) is 60.8 Å². The quantitative estimate of drug-likeness (QED) is 0.775. The average molecular weight is 268 g/mol. The molecule has 3 rings (SSSR count). The Kier molecular flexibility index (Phi) is 3.16. The fraction of sp³-hybridized carbons (Fsp3) is 0. The predicted molar refractivity (Wildman–Crippen MR) is 78.5 cm³/mol. The van der Waals surface area contributed by atoms with Crippen LogP contribution in [0, 0.1) is 0 Å². The number of hydrogen-bond acceptors (Lipinski definition) is 4. The number of ether oxygens (including phenoxy) is 1. The van der Waals surface area contributed by atoms with Crippen LogP contribution in [0.1, 0.15) is 0 Å². The highest BCUT2D eigenvalue weighted by Gasteiger charge is 2.03. The Morgan fingerprint density at radius 1 is 0.895 bits per heavy atom. The van der Waals surface area contributed by atoms with E-state index >= 15 is 0 Å². The molecule has 3 aromatic rings. The molecule has 0 atom stereocenters. The lowest BCUT2D eigenvalue weighted by Gasteiger charge is -2.04. The van der Waals surface area contributed by atoms with Gasteiger partial charge < -0.3 is 10.5 Å². The molecule has 0 saturated heterocycles. The number of benzene rings is 2. The summed E-state index contributed by atoms with van der Waals surface area (Å²) in [6.07, 6.45) is 1.60. The topological polar surface area (TPSA) is 48.1 Å². The fourth-order valence-corrected chi connectivity index (χ4v) is 2.31. The van der Waals surface area contributed by atoms with Gasteiger partial charge in [0, 0.05) is 0 Å². The van der Waals surface area contributed by atoms with E-state index in [1.165, 1.54) is 16.9 Å². The molecule has 0 spiro atoms. The van der Waals surface area contributed by atoms with Crippen molar-refractivity contribution in [1.82, 2.24) is 4.98 Å². The van der Waals surface area contributed by atoms with Crippen molar-refractivity contribution < 1.29 is 4.74 Å². The van der Waals surface area contributed by atoms with Crippen LogP contribution in [0.25, 0.3) is 11.1 Å². The minimum Gasteiger partial charge on any atom is -0.431 e. The van der Waals surface area contributed by atoms with Gasteiger partial charge in [-0.3, -0.25) is 0 Å². The van der Waals surface area contributed by atoms with E-state index in [1.54, 1.807) is 6.20 Å². The molecule has 2 aromatic carbocycles. The molecule has 3 nitrogen and oxygen atoms in total. The lowest BCUT2D eigenvalue weighted by molar-refractivity contribution is 0.479. The molecule has 1 heterocycles. The molecule has 0 fully saturated rings. The molecule has 4 heteroatoms. The van der Waals surface area contributed by atoms with Gasteiger partial charge in [-0.2, -0.15) is 0 Å². The number of rotatable bonds is 3. The molecule has 94 valence electrons. The van der Waals surface area contributed by atoms with Crippen molar-refractivity contribution in [3.8, 4) is 22.1 Å². The lowest BCUT2D eigenvalue weighted by Crippen LogP contribution is -1.83. The van der Waals surface area contributed by atoms with Crippen LogP contribution in [-0.2, 0) is 0 Å². The summed E-state index contributed by atoms with van der Waals surface area (Å²) in [6, 6.07) is 18.1. The van der Waals surface area contributed by atoms with Crippen molar-refractivity contribution >= 4 is 16.3 Å². The molecule has 19 heavy (non-hydrogen) atoms. The van der Waals surface area contributed by atoms with E-state index in [-0.39, 0.29) is 0 Å². The summed E-state index contributed by atoms with van der Waals surface area (Å²) in [5.74, 6) is 0.758. The second-order valence-electron chi connectivity index (χ2n) is 4.02. The summed E-state index contributed by atoms with van der Waals surface area (Å²) in [5, 5.41) is 1.21. The zero-order valence-electron chi connectivity index (χ0n) is 10.1. The van der Waals surface area contributed by atoms with Gasteiger partial charge in [0.15, 0.2) is 0 Å². The van der Waals surface area contributed by atoms with E-state index in [0.29, 0.717) is 10.2 Å². The van der Waals surface area contributed by atoms with Gasteiger partial charge in [-0.25, -0.2) is 4.98 Å². The zero-order chi connectivity index (χ0) is 13.1. The summed E-state index contributed by atoms with van der Waals surface area (Å²) in [6.45, 7) is 0. The molecule has 1 aromatic heterocycles. The molecule has 0 aliphatic heterocycles. The Balaban J connectivity index is 1.79. The predicted octanol–water partition coefficient (Wildman–Crippen LogP) is 4.18. The molecule has 0 radical (unpaired) electrons. The molecular formula is C15H12N2OS. The summed E-state index contributed by atoms with van der Waals surface area (Å²) >= 11 is 1.33. The largest absolute Gasteiger partial charge is 0.431 e. The normalized spacial score (nSPS) is 10.3. The number of anilines is 1. The minimum absolute atomic E-state index is 0.560. The van der Waals surface area contributed by atoms with E-state index in [9.17, 15) is 0 Å². The summed E-state index contributed by atoms with van der Waals surface area (Å²) in [5.41, 5.74) is 7.95. The number of hydrogen-bond donors (Lipinski definition) is 1. The molecular weight excluding hydrogens is 256 g/mol. The van der Waals surface area contributed by atoms with Crippen LogP contribution in [0.5, 0.6) is 10.9 Å². The van der Waals surface area contributed by atoms with Gasteiger partial charge in [-0.15, -0.1) is 0 Å². The minimum atomic E-state index is 0.560. The lowest BCUT2D eigenvalue weighted by atomic mass is 10.1. The second kappa shape index (κ2) is 5.12. The fourth-order valence-electron chi connectivity index (χ4n) is 1.76. The van der Waals surface area contributed by atoms with Crippen molar-refractivity contribution in [2.24, 2.45) is 0 Å². The number of nitrogens with zero attached hydrogens (tertiary/aromatic N) is 1. The number of aromatic nitrogens is 1. The monoisotopic (exact) mass is 268 g/mol. The van der Waals surface area contributed by atoms with Crippen LogP contribution in [0.15, 0.2) is 60.8 Å². The summed E-state index contributed by atoms with van der Waals surface area (Å²) in [4.78, 5) is 4.06. The SMILES string of the molecule is Nc1cnc(Oc2ccc(-c3ccccc3)cc2)s1. The maximum Gasteiger partial charge on any atom is 0.280 e. The standard InChI is InChI=1S/C15H12N2OS/c16-14-10-17-15(19-14)18-13-8-6-12(7-9-13)11-4-2-1-3-5-11/h1-10H,16H2. The van der Waals surface area contributed by atoms with Crippen LogP contribution >= 0.6 is 11.3 Å². The molecule has 0 unspecified atom stereocenters. The molecule has 0 bridgehead atoms. The molecule has 0 amide bonds. The van der Waals surface area contributed by atoms with Gasteiger partial charge >= 0.3 is 0 Å². The van der Waals surface area contributed by atoms with E-state index < -0.39 is 0 Å². The van der Waals surface area contributed by atoms with Gasteiger partial charge in [0.05, 0.1) is 6.20 Å². The first kappa shape index (κ1) is 11.7. The van der Waals surface area contributed by atoms with Crippen LogP contribution < -0.4 is 10.5 Å². The summed E-state index contributed by atoms with van der Waals surface area (Å²) in [7, 11) is 0. The highest BCUT2D eigenvalue weighted by Crippen LogP contribution is 2.29. The highest BCUT2D eigenvalue weighted by molar-refractivity contribution is 7.17. The Bertz CT molecular complexity index is 662. The molecule has 0 aliphatic carbocycles. The average Bonchev–Trinajstić information content (AvgIpc) is 2.86. The van der Waals surface area contributed by atoms with Crippen LogP contribution in [0.3, 0.4) is 0 Å². The third kappa shape index (κ3) is 2.74.